The normalized spacial score (nSPS) is 25.4. The van der Waals surface area contributed by atoms with Crippen molar-refractivity contribution in [3.63, 3.8) is 0 Å². The molecule has 2 fully saturated rings. The first-order chi connectivity index (χ1) is 10.7. The highest BCUT2D eigenvalue weighted by Gasteiger charge is 2.28. The Hall–Kier alpha value is -1.06. The second kappa shape index (κ2) is 7.47. The number of halogens is 1. The van der Waals surface area contributed by atoms with Crippen LogP contribution in [0.1, 0.15) is 50.1 Å². The van der Waals surface area contributed by atoms with Gasteiger partial charge in [0.05, 0.1) is 6.04 Å². The summed E-state index contributed by atoms with van der Waals surface area (Å²) in [6.07, 6.45) is 6.03. The molecule has 1 aromatic rings. The van der Waals surface area contributed by atoms with Gasteiger partial charge < -0.3 is 9.64 Å². The number of likely N-dealkylation sites (tertiary alicyclic amines) is 1. The molecular formula is C18H24ClNO2. The fourth-order valence-electron chi connectivity index (χ4n) is 3.57. The van der Waals surface area contributed by atoms with Crippen LogP contribution in [0.15, 0.2) is 24.3 Å². The quantitative estimate of drug-likeness (QED) is 0.831. The van der Waals surface area contributed by atoms with Gasteiger partial charge in [-0.25, -0.2) is 0 Å². The molecule has 120 valence electrons. The molecule has 2 atom stereocenters. The Balaban J connectivity index is 1.65. The van der Waals surface area contributed by atoms with Crippen LogP contribution in [0.5, 0.6) is 0 Å². The molecule has 22 heavy (non-hydrogen) atoms. The first-order valence-electron chi connectivity index (χ1n) is 8.37. The zero-order valence-corrected chi connectivity index (χ0v) is 13.7. The predicted octanol–water partition coefficient (Wildman–Crippen LogP) is 4.21. The third-order valence-corrected chi connectivity index (χ3v) is 5.08. The summed E-state index contributed by atoms with van der Waals surface area (Å²) in [6, 6.07) is 8.15. The van der Waals surface area contributed by atoms with E-state index in [0.717, 1.165) is 50.5 Å². The van der Waals surface area contributed by atoms with Crippen LogP contribution < -0.4 is 0 Å². The molecule has 2 saturated heterocycles. The number of hydrogen-bond donors (Lipinski definition) is 0. The van der Waals surface area contributed by atoms with E-state index in [0.29, 0.717) is 12.3 Å². The Bertz CT molecular complexity index is 514. The molecule has 1 amide bonds. The van der Waals surface area contributed by atoms with Crippen molar-refractivity contribution in [3.8, 4) is 0 Å². The third-order valence-electron chi connectivity index (χ3n) is 4.85. The highest BCUT2D eigenvalue weighted by Crippen LogP contribution is 2.33. The second-order valence-electron chi connectivity index (χ2n) is 6.42. The molecule has 0 saturated carbocycles. The van der Waals surface area contributed by atoms with E-state index in [9.17, 15) is 4.79 Å². The van der Waals surface area contributed by atoms with Gasteiger partial charge in [-0.3, -0.25) is 4.79 Å². The summed E-state index contributed by atoms with van der Waals surface area (Å²) in [5.74, 6) is 0.856. The minimum atomic E-state index is 0.194. The summed E-state index contributed by atoms with van der Waals surface area (Å²) in [7, 11) is 0. The van der Waals surface area contributed by atoms with Gasteiger partial charge in [-0.2, -0.15) is 0 Å². The first kappa shape index (κ1) is 15.8. The molecule has 0 unspecified atom stereocenters. The van der Waals surface area contributed by atoms with E-state index in [-0.39, 0.29) is 11.9 Å². The van der Waals surface area contributed by atoms with Crippen molar-refractivity contribution in [2.75, 3.05) is 19.8 Å². The maximum absolute atomic E-state index is 12.7. The zero-order chi connectivity index (χ0) is 15.4. The van der Waals surface area contributed by atoms with Crippen LogP contribution in [0.25, 0.3) is 0 Å². The van der Waals surface area contributed by atoms with Gasteiger partial charge in [0.25, 0.3) is 0 Å². The highest BCUT2D eigenvalue weighted by atomic mass is 35.5. The van der Waals surface area contributed by atoms with Crippen molar-refractivity contribution in [3.05, 3.63) is 34.9 Å². The van der Waals surface area contributed by atoms with Crippen molar-refractivity contribution < 1.29 is 9.53 Å². The minimum Gasteiger partial charge on any atom is -0.381 e. The molecule has 0 aliphatic carbocycles. The molecule has 0 N–H and O–H groups in total. The molecule has 2 aliphatic heterocycles. The van der Waals surface area contributed by atoms with Crippen LogP contribution in [0.4, 0.5) is 0 Å². The average Bonchev–Trinajstić information content (AvgIpc) is 3.06. The van der Waals surface area contributed by atoms with Gasteiger partial charge in [0.15, 0.2) is 0 Å². The summed E-state index contributed by atoms with van der Waals surface area (Å²) < 4.78 is 5.40. The smallest absolute Gasteiger partial charge is 0.223 e. The lowest BCUT2D eigenvalue weighted by atomic mass is 9.94. The van der Waals surface area contributed by atoms with E-state index in [1.807, 2.05) is 18.2 Å². The molecule has 2 heterocycles. The second-order valence-corrected chi connectivity index (χ2v) is 6.86. The molecule has 2 aliphatic rings. The van der Waals surface area contributed by atoms with E-state index >= 15 is 0 Å². The van der Waals surface area contributed by atoms with Crippen LogP contribution in [0.3, 0.4) is 0 Å². The standard InChI is InChI=1S/C18H24ClNO2/c19-16-5-3-4-15(12-16)17-6-1-2-10-20(17)18(21)8-7-14-9-11-22-13-14/h3-5,12,14,17H,1-2,6-11,13H2/t14-,17+/m0/s1. The van der Waals surface area contributed by atoms with Crippen LogP contribution in [0.2, 0.25) is 5.02 Å². The number of benzene rings is 1. The fraction of sp³-hybridized carbons (Fsp3) is 0.611. The van der Waals surface area contributed by atoms with E-state index in [2.05, 4.69) is 11.0 Å². The third kappa shape index (κ3) is 3.82. The predicted molar refractivity (Wildman–Crippen MR) is 87.9 cm³/mol. The maximum Gasteiger partial charge on any atom is 0.223 e. The number of piperidine rings is 1. The van der Waals surface area contributed by atoms with Crippen molar-refractivity contribution in [2.45, 2.75) is 44.6 Å². The minimum absolute atomic E-state index is 0.194. The van der Waals surface area contributed by atoms with Crippen LogP contribution >= 0.6 is 11.6 Å². The Morgan fingerprint density at radius 1 is 1.32 bits per heavy atom. The number of hydrogen-bond acceptors (Lipinski definition) is 2. The van der Waals surface area contributed by atoms with Crippen LogP contribution in [-0.4, -0.2) is 30.6 Å². The van der Waals surface area contributed by atoms with Crippen molar-refractivity contribution >= 4 is 17.5 Å². The number of rotatable bonds is 4. The molecule has 3 nitrogen and oxygen atoms in total. The topological polar surface area (TPSA) is 29.5 Å². The maximum atomic E-state index is 12.7. The van der Waals surface area contributed by atoms with Gasteiger partial charge in [-0.05, 0) is 55.7 Å². The molecule has 1 aromatic carbocycles. The van der Waals surface area contributed by atoms with Gasteiger partial charge >= 0.3 is 0 Å². The molecule has 3 rings (SSSR count). The van der Waals surface area contributed by atoms with Gasteiger partial charge in [-0.15, -0.1) is 0 Å². The van der Waals surface area contributed by atoms with Crippen LogP contribution in [0, 0.1) is 5.92 Å². The molecule has 0 aromatic heterocycles. The summed E-state index contributed by atoms with van der Waals surface area (Å²) >= 11 is 6.12. The zero-order valence-electron chi connectivity index (χ0n) is 13.0. The largest absolute Gasteiger partial charge is 0.381 e. The van der Waals surface area contributed by atoms with E-state index in [1.54, 1.807) is 0 Å². The SMILES string of the molecule is O=C(CC[C@H]1CCOC1)N1CCCC[C@@H]1c1cccc(Cl)c1. The lowest BCUT2D eigenvalue weighted by Gasteiger charge is -2.36. The molecule has 0 spiro atoms. The Morgan fingerprint density at radius 3 is 3.00 bits per heavy atom. The monoisotopic (exact) mass is 321 g/mol. The number of carbonyl (C=O) groups excluding carboxylic acids is 1. The number of ether oxygens (including phenoxy) is 1. The fourth-order valence-corrected chi connectivity index (χ4v) is 3.77. The lowest BCUT2D eigenvalue weighted by molar-refractivity contribution is -0.135. The van der Waals surface area contributed by atoms with Crippen molar-refractivity contribution in [1.82, 2.24) is 4.90 Å². The molecular weight excluding hydrogens is 298 g/mol. The lowest BCUT2D eigenvalue weighted by Crippen LogP contribution is -2.38. The highest BCUT2D eigenvalue weighted by molar-refractivity contribution is 6.30. The van der Waals surface area contributed by atoms with Gasteiger partial charge in [0.1, 0.15) is 0 Å². The van der Waals surface area contributed by atoms with Gasteiger partial charge in [0, 0.05) is 31.2 Å². The van der Waals surface area contributed by atoms with E-state index in [1.165, 1.54) is 12.0 Å². The Kier molecular flexibility index (Phi) is 5.37. The van der Waals surface area contributed by atoms with Crippen molar-refractivity contribution in [2.24, 2.45) is 5.92 Å². The number of amides is 1. The molecule has 0 bridgehead atoms. The summed E-state index contributed by atoms with van der Waals surface area (Å²) in [4.78, 5) is 14.7. The first-order valence-corrected chi connectivity index (χ1v) is 8.74. The van der Waals surface area contributed by atoms with Gasteiger partial charge in [-0.1, -0.05) is 23.7 Å². The number of carbonyl (C=O) groups is 1. The Morgan fingerprint density at radius 2 is 2.23 bits per heavy atom. The summed E-state index contributed by atoms with van der Waals surface area (Å²) in [5.41, 5.74) is 1.17. The molecule has 0 radical (unpaired) electrons. The van der Waals surface area contributed by atoms with Gasteiger partial charge in [0.2, 0.25) is 5.91 Å². The van der Waals surface area contributed by atoms with E-state index < -0.39 is 0 Å². The Labute approximate surface area is 137 Å². The van der Waals surface area contributed by atoms with E-state index in [4.69, 9.17) is 16.3 Å². The summed E-state index contributed by atoms with van der Waals surface area (Å²) in [6.45, 7) is 2.55. The molecule has 4 heteroatoms. The average molecular weight is 322 g/mol. The number of nitrogens with zero attached hydrogens (tertiary/aromatic N) is 1. The van der Waals surface area contributed by atoms with Crippen LogP contribution in [-0.2, 0) is 9.53 Å². The van der Waals surface area contributed by atoms with Crippen molar-refractivity contribution in [1.29, 1.82) is 0 Å². The summed E-state index contributed by atoms with van der Waals surface area (Å²) in [5, 5.41) is 0.749.